The van der Waals surface area contributed by atoms with Crippen LogP contribution in [0.15, 0.2) is 33.5 Å². The molecular weight excluding hydrogens is 306 g/mol. The molecule has 0 spiro atoms. The third-order valence-corrected chi connectivity index (χ3v) is 5.62. The Labute approximate surface area is 128 Å². The molecule has 1 N–H and O–H groups in total. The molecule has 0 aliphatic carbocycles. The van der Waals surface area contributed by atoms with Crippen LogP contribution in [-0.4, -0.2) is 33.1 Å². The summed E-state index contributed by atoms with van der Waals surface area (Å²) in [6, 6.07) is 6.67. The normalized spacial score (nSPS) is 20.3. The van der Waals surface area contributed by atoms with Crippen molar-refractivity contribution in [2.24, 2.45) is 0 Å². The Morgan fingerprint density at radius 2 is 2.18 bits per heavy atom. The molecule has 1 saturated heterocycles. The fourth-order valence-corrected chi connectivity index (χ4v) is 4.40. The molecule has 1 aliphatic heterocycles. The smallest absolute Gasteiger partial charge is 0.336 e. The zero-order valence-electron chi connectivity index (χ0n) is 12.2. The van der Waals surface area contributed by atoms with E-state index in [1.54, 1.807) is 19.2 Å². The maximum atomic E-state index is 11.7. The minimum absolute atomic E-state index is 0.0643. The van der Waals surface area contributed by atoms with E-state index in [2.05, 4.69) is 5.32 Å². The number of methoxy groups -OCH3 is 1. The van der Waals surface area contributed by atoms with Crippen LogP contribution in [0.5, 0.6) is 5.75 Å². The van der Waals surface area contributed by atoms with Crippen molar-refractivity contribution in [2.75, 3.05) is 18.6 Å². The Morgan fingerprint density at radius 1 is 1.36 bits per heavy atom. The van der Waals surface area contributed by atoms with Gasteiger partial charge in [-0.3, -0.25) is 0 Å². The fourth-order valence-electron chi connectivity index (χ4n) is 2.69. The van der Waals surface area contributed by atoms with E-state index < -0.39 is 15.5 Å². The molecule has 0 unspecified atom stereocenters. The number of sulfone groups is 1. The number of hydrogen-bond acceptors (Lipinski definition) is 6. The second-order valence-corrected chi connectivity index (χ2v) is 7.66. The molecule has 3 rings (SSSR count). The van der Waals surface area contributed by atoms with Gasteiger partial charge in [0.15, 0.2) is 9.84 Å². The molecule has 0 saturated carbocycles. The average Bonchev–Trinajstić information content (AvgIpc) is 2.83. The molecule has 7 heteroatoms. The van der Waals surface area contributed by atoms with Gasteiger partial charge in [0.2, 0.25) is 0 Å². The van der Waals surface area contributed by atoms with Crippen LogP contribution in [0.3, 0.4) is 0 Å². The van der Waals surface area contributed by atoms with Crippen LogP contribution >= 0.6 is 0 Å². The summed E-state index contributed by atoms with van der Waals surface area (Å²) < 4.78 is 33.3. The first kappa shape index (κ1) is 15.1. The van der Waals surface area contributed by atoms with E-state index in [4.69, 9.17) is 9.15 Å². The first-order valence-electron chi connectivity index (χ1n) is 7.01. The molecule has 1 aromatic heterocycles. The monoisotopic (exact) mass is 323 g/mol. The van der Waals surface area contributed by atoms with Crippen LogP contribution in [0, 0.1) is 0 Å². The molecular formula is C15H17NO5S. The number of ether oxygens (including phenoxy) is 1. The first-order chi connectivity index (χ1) is 10.5. The Hall–Kier alpha value is -1.86. The Bertz CT molecular complexity index is 856. The molecule has 0 radical (unpaired) electrons. The molecule has 0 bridgehead atoms. The van der Waals surface area contributed by atoms with Crippen molar-refractivity contribution in [3.63, 3.8) is 0 Å². The highest BCUT2D eigenvalue weighted by atomic mass is 32.2. The quantitative estimate of drug-likeness (QED) is 0.848. The number of fused-ring (bicyclic) bond motifs is 1. The van der Waals surface area contributed by atoms with E-state index in [9.17, 15) is 13.2 Å². The Morgan fingerprint density at radius 3 is 2.86 bits per heavy atom. The summed E-state index contributed by atoms with van der Waals surface area (Å²) in [6.45, 7) is 0.425. The number of rotatable bonds is 4. The highest BCUT2D eigenvalue weighted by Gasteiger charge is 2.27. The molecule has 1 aliphatic rings. The minimum atomic E-state index is -2.92. The van der Waals surface area contributed by atoms with E-state index in [1.165, 1.54) is 6.07 Å². The SMILES string of the molecule is COc1ccc2c(CN[C@@H]3CCS(=O)(=O)C3)cc(=O)oc2c1. The second-order valence-electron chi connectivity index (χ2n) is 5.43. The average molecular weight is 323 g/mol. The highest BCUT2D eigenvalue weighted by Crippen LogP contribution is 2.23. The second kappa shape index (κ2) is 5.73. The number of nitrogens with one attached hydrogen (secondary N) is 1. The van der Waals surface area contributed by atoms with Crippen molar-refractivity contribution in [1.82, 2.24) is 5.32 Å². The number of hydrogen-bond donors (Lipinski definition) is 1. The van der Waals surface area contributed by atoms with Gasteiger partial charge in [0, 0.05) is 30.1 Å². The molecule has 1 aromatic carbocycles. The van der Waals surface area contributed by atoms with Gasteiger partial charge >= 0.3 is 5.63 Å². The van der Waals surface area contributed by atoms with Crippen LogP contribution < -0.4 is 15.7 Å². The molecule has 22 heavy (non-hydrogen) atoms. The van der Waals surface area contributed by atoms with Crippen LogP contribution in [0.2, 0.25) is 0 Å². The molecule has 0 amide bonds. The van der Waals surface area contributed by atoms with Gasteiger partial charge in [-0.25, -0.2) is 13.2 Å². The van der Waals surface area contributed by atoms with Gasteiger partial charge in [-0.1, -0.05) is 0 Å². The Kier molecular flexibility index (Phi) is 3.92. The van der Waals surface area contributed by atoms with E-state index in [0.717, 1.165) is 10.9 Å². The zero-order chi connectivity index (χ0) is 15.7. The van der Waals surface area contributed by atoms with E-state index in [0.29, 0.717) is 24.3 Å². The van der Waals surface area contributed by atoms with Gasteiger partial charge in [0.05, 0.1) is 18.6 Å². The lowest BCUT2D eigenvalue weighted by Crippen LogP contribution is -2.29. The number of benzene rings is 1. The topological polar surface area (TPSA) is 85.6 Å². The van der Waals surface area contributed by atoms with Gasteiger partial charge in [0.25, 0.3) is 0 Å². The molecule has 6 nitrogen and oxygen atoms in total. The van der Waals surface area contributed by atoms with Crippen molar-refractivity contribution >= 4 is 20.8 Å². The summed E-state index contributed by atoms with van der Waals surface area (Å²) in [5.74, 6) is 0.988. The molecule has 2 heterocycles. The molecule has 1 fully saturated rings. The van der Waals surface area contributed by atoms with Gasteiger partial charge in [-0.05, 0) is 24.1 Å². The maximum absolute atomic E-state index is 11.7. The van der Waals surface area contributed by atoms with E-state index in [1.807, 2.05) is 6.07 Å². The summed E-state index contributed by atoms with van der Waals surface area (Å²) in [5.41, 5.74) is 0.817. The largest absolute Gasteiger partial charge is 0.497 e. The summed E-state index contributed by atoms with van der Waals surface area (Å²) in [7, 11) is -1.37. The van der Waals surface area contributed by atoms with Crippen molar-refractivity contribution in [3.05, 3.63) is 40.2 Å². The van der Waals surface area contributed by atoms with Gasteiger partial charge < -0.3 is 14.5 Å². The fraction of sp³-hybridized carbons (Fsp3) is 0.400. The third-order valence-electron chi connectivity index (χ3n) is 3.85. The lowest BCUT2D eigenvalue weighted by Gasteiger charge is -2.12. The molecule has 1 atom stereocenters. The first-order valence-corrected chi connectivity index (χ1v) is 8.83. The zero-order valence-corrected chi connectivity index (χ0v) is 13.0. The Balaban J connectivity index is 1.86. The summed E-state index contributed by atoms with van der Waals surface area (Å²) in [5, 5.41) is 4.02. The lowest BCUT2D eigenvalue weighted by atomic mass is 10.1. The molecule has 2 aromatic rings. The van der Waals surface area contributed by atoms with Gasteiger partial charge in [-0.2, -0.15) is 0 Å². The molecule has 118 valence electrons. The van der Waals surface area contributed by atoms with Crippen molar-refractivity contribution in [1.29, 1.82) is 0 Å². The van der Waals surface area contributed by atoms with Gasteiger partial charge in [-0.15, -0.1) is 0 Å². The maximum Gasteiger partial charge on any atom is 0.336 e. The third kappa shape index (κ3) is 3.15. The van der Waals surface area contributed by atoms with Gasteiger partial charge in [0.1, 0.15) is 11.3 Å². The lowest BCUT2D eigenvalue weighted by molar-refractivity contribution is 0.414. The summed E-state index contributed by atoms with van der Waals surface area (Å²) >= 11 is 0. The highest BCUT2D eigenvalue weighted by molar-refractivity contribution is 7.91. The van der Waals surface area contributed by atoms with Crippen LogP contribution in [0.1, 0.15) is 12.0 Å². The van der Waals surface area contributed by atoms with Crippen molar-refractivity contribution < 1.29 is 17.6 Å². The predicted octanol–water partition coefficient (Wildman–Crippen LogP) is 1.08. The van der Waals surface area contributed by atoms with Crippen molar-refractivity contribution in [3.8, 4) is 5.75 Å². The van der Waals surface area contributed by atoms with Crippen molar-refractivity contribution in [2.45, 2.75) is 19.0 Å². The predicted molar refractivity (Wildman–Crippen MR) is 82.9 cm³/mol. The minimum Gasteiger partial charge on any atom is -0.497 e. The van der Waals surface area contributed by atoms with E-state index in [-0.39, 0.29) is 17.5 Å². The van der Waals surface area contributed by atoms with Crippen LogP contribution in [-0.2, 0) is 16.4 Å². The standard InChI is InChI=1S/C15H17NO5S/c1-20-12-2-3-13-10(6-15(17)21-14(13)7-12)8-16-11-4-5-22(18,19)9-11/h2-3,6-7,11,16H,4-5,8-9H2,1H3/t11-/m1/s1. The summed E-state index contributed by atoms with van der Waals surface area (Å²) in [4.78, 5) is 11.7. The van der Waals surface area contributed by atoms with E-state index >= 15 is 0 Å². The van der Waals surface area contributed by atoms with Crippen LogP contribution in [0.4, 0.5) is 0 Å². The van der Waals surface area contributed by atoms with Crippen LogP contribution in [0.25, 0.3) is 11.0 Å². The summed E-state index contributed by atoms with van der Waals surface area (Å²) in [6.07, 6.45) is 0.607.